The standard InChI is InChI=1S/C12H16BrN3O2S3/c1-20-12(11(14)19)2-4-16(5-3-12)21(17,18)10-6-9(13)7-15-8-10/h6-8H,2-5H2,1H3,(H2,14,19). The monoisotopic (exact) mass is 409 g/mol. The molecule has 0 amide bonds. The lowest BCUT2D eigenvalue weighted by Crippen LogP contribution is -2.50. The Hall–Kier alpha value is -0.220. The van der Waals surface area contributed by atoms with Crippen LogP contribution in [0.1, 0.15) is 12.8 Å². The summed E-state index contributed by atoms with van der Waals surface area (Å²) in [6, 6.07) is 1.56. The summed E-state index contributed by atoms with van der Waals surface area (Å²) in [4.78, 5) is 4.57. The van der Waals surface area contributed by atoms with Crippen LogP contribution in [0.5, 0.6) is 0 Å². The zero-order valence-corrected chi connectivity index (χ0v) is 15.5. The van der Waals surface area contributed by atoms with E-state index in [4.69, 9.17) is 18.0 Å². The first-order valence-electron chi connectivity index (χ1n) is 6.27. The first kappa shape index (κ1) is 17.1. The molecule has 1 aromatic heterocycles. The van der Waals surface area contributed by atoms with Crippen LogP contribution in [0, 0.1) is 0 Å². The molecule has 0 saturated carbocycles. The fraction of sp³-hybridized carbons (Fsp3) is 0.500. The van der Waals surface area contributed by atoms with Crippen molar-refractivity contribution < 1.29 is 8.42 Å². The van der Waals surface area contributed by atoms with Crippen molar-refractivity contribution in [2.45, 2.75) is 22.5 Å². The molecule has 0 atom stereocenters. The molecule has 0 unspecified atom stereocenters. The van der Waals surface area contributed by atoms with Gasteiger partial charge in [-0.1, -0.05) is 12.2 Å². The molecule has 1 fully saturated rings. The maximum atomic E-state index is 12.6. The van der Waals surface area contributed by atoms with Gasteiger partial charge in [0.2, 0.25) is 10.0 Å². The fourth-order valence-corrected chi connectivity index (χ4v) is 5.52. The van der Waals surface area contributed by atoms with Gasteiger partial charge in [-0.25, -0.2) is 8.42 Å². The van der Waals surface area contributed by atoms with E-state index in [9.17, 15) is 8.42 Å². The molecule has 2 N–H and O–H groups in total. The lowest BCUT2D eigenvalue weighted by molar-refractivity contribution is 0.333. The van der Waals surface area contributed by atoms with E-state index >= 15 is 0 Å². The Morgan fingerprint density at radius 1 is 1.48 bits per heavy atom. The second-order valence-corrected chi connectivity index (χ2v) is 9.29. The molecular formula is C12H16BrN3O2S3. The molecule has 9 heteroatoms. The van der Waals surface area contributed by atoms with Crippen LogP contribution in [-0.2, 0) is 10.0 Å². The zero-order valence-electron chi connectivity index (χ0n) is 11.5. The summed E-state index contributed by atoms with van der Waals surface area (Å²) in [5.41, 5.74) is 5.82. The summed E-state index contributed by atoms with van der Waals surface area (Å²) in [7, 11) is -3.52. The van der Waals surface area contributed by atoms with Crippen molar-refractivity contribution in [1.29, 1.82) is 0 Å². The number of rotatable bonds is 4. The van der Waals surface area contributed by atoms with Crippen LogP contribution in [0.15, 0.2) is 27.8 Å². The van der Waals surface area contributed by atoms with Gasteiger partial charge in [-0.2, -0.15) is 16.1 Å². The van der Waals surface area contributed by atoms with Crippen molar-refractivity contribution in [3.05, 3.63) is 22.9 Å². The van der Waals surface area contributed by atoms with Crippen molar-refractivity contribution >= 4 is 54.9 Å². The number of piperidine rings is 1. The normalized spacial score (nSPS) is 19.3. The van der Waals surface area contributed by atoms with Gasteiger partial charge in [0.05, 0.1) is 9.74 Å². The molecule has 0 aliphatic carbocycles. The maximum Gasteiger partial charge on any atom is 0.244 e. The highest BCUT2D eigenvalue weighted by atomic mass is 79.9. The van der Waals surface area contributed by atoms with Crippen LogP contribution >= 0.6 is 39.9 Å². The van der Waals surface area contributed by atoms with E-state index in [0.29, 0.717) is 35.4 Å². The fourth-order valence-electron chi connectivity index (χ4n) is 2.32. The van der Waals surface area contributed by atoms with E-state index in [0.717, 1.165) is 0 Å². The van der Waals surface area contributed by atoms with Gasteiger partial charge in [0.25, 0.3) is 0 Å². The minimum absolute atomic E-state index is 0.198. The van der Waals surface area contributed by atoms with Gasteiger partial charge < -0.3 is 5.73 Å². The van der Waals surface area contributed by atoms with Gasteiger partial charge in [0.1, 0.15) is 4.90 Å². The second-order valence-electron chi connectivity index (χ2n) is 4.81. The van der Waals surface area contributed by atoms with Crippen molar-refractivity contribution in [3.63, 3.8) is 0 Å². The number of nitrogens with zero attached hydrogens (tertiary/aromatic N) is 2. The number of sulfonamides is 1. The molecule has 0 aromatic carbocycles. The van der Waals surface area contributed by atoms with Crippen LogP contribution < -0.4 is 5.73 Å². The summed E-state index contributed by atoms with van der Waals surface area (Å²) in [6.45, 7) is 0.819. The van der Waals surface area contributed by atoms with Gasteiger partial charge in [0, 0.05) is 30.0 Å². The molecule has 1 aromatic rings. The summed E-state index contributed by atoms with van der Waals surface area (Å²) < 4.78 is 27.0. The number of hydrogen-bond acceptors (Lipinski definition) is 5. The molecule has 2 rings (SSSR count). The molecule has 1 aliphatic heterocycles. The number of nitrogens with two attached hydrogens (primary N) is 1. The molecule has 0 bridgehead atoms. The lowest BCUT2D eigenvalue weighted by Gasteiger charge is -2.39. The molecule has 1 saturated heterocycles. The van der Waals surface area contributed by atoms with Crippen molar-refractivity contribution in [2.75, 3.05) is 19.3 Å². The zero-order chi connectivity index (χ0) is 15.7. The molecule has 5 nitrogen and oxygen atoms in total. The Morgan fingerprint density at radius 2 is 2.10 bits per heavy atom. The molecule has 0 radical (unpaired) electrons. The first-order valence-corrected chi connectivity index (χ1v) is 10.1. The maximum absolute atomic E-state index is 12.6. The van der Waals surface area contributed by atoms with E-state index in [1.54, 1.807) is 24.0 Å². The number of halogens is 1. The van der Waals surface area contributed by atoms with E-state index < -0.39 is 10.0 Å². The van der Waals surface area contributed by atoms with Gasteiger partial charge in [-0.3, -0.25) is 4.98 Å². The highest BCUT2D eigenvalue weighted by molar-refractivity contribution is 9.10. The third kappa shape index (κ3) is 3.42. The van der Waals surface area contributed by atoms with Crippen LogP contribution in [-0.4, -0.2) is 46.8 Å². The van der Waals surface area contributed by atoms with Crippen LogP contribution in [0.4, 0.5) is 0 Å². The average molecular weight is 410 g/mol. The smallest absolute Gasteiger partial charge is 0.244 e. The minimum atomic E-state index is -3.52. The Kier molecular flexibility index (Phi) is 5.30. The molecule has 1 aliphatic rings. The predicted molar refractivity (Wildman–Crippen MR) is 93.0 cm³/mol. The van der Waals surface area contributed by atoms with Gasteiger partial charge in [-0.05, 0) is 41.1 Å². The Bertz CT molecular complexity index is 643. The first-order chi connectivity index (χ1) is 9.82. The number of pyridine rings is 1. The highest BCUT2D eigenvalue weighted by Gasteiger charge is 2.40. The Morgan fingerprint density at radius 3 is 2.57 bits per heavy atom. The Balaban J connectivity index is 2.20. The molecular weight excluding hydrogens is 394 g/mol. The van der Waals surface area contributed by atoms with Crippen LogP contribution in [0.2, 0.25) is 0 Å². The van der Waals surface area contributed by atoms with E-state index in [2.05, 4.69) is 20.9 Å². The molecule has 0 spiro atoms. The van der Waals surface area contributed by atoms with E-state index in [1.165, 1.54) is 10.5 Å². The van der Waals surface area contributed by atoms with E-state index in [1.807, 2.05) is 6.26 Å². The molecule has 116 valence electrons. The minimum Gasteiger partial charge on any atom is -0.392 e. The van der Waals surface area contributed by atoms with E-state index in [-0.39, 0.29) is 9.64 Å². The largest absolute Gasteiger partial charge is 0.392 e. The van der Waals surface area contributed by atoms with Gasteiger partial charge in [-0.15, -0.1) is 0 Å². The van der Waals surface area contributed by atoms with Gasteiger partial charge >= 0.3 is 0 Å². The van der Waals surface area contributed by atoms with Crippen molar-refractivity contribution in [1.82, 2.24) is 9.29 Å². The molecule has 21 heavy (non-hydrogen) atoms. The number of hydrogen-bond donors (Lipinski definition) is 1. The third-order valence-electron chi connectivity index (χ3n) is 3.69. The predicted octanol–water partition coefficient (Wildman–Crippen LogP) is 2.02. The topological polar surface area (TPSA) is 76.3 Å². The van der Waals surface area contributed by atoms with Gasteiger partial charge in [0.15, 0.2) is 0 Å². The number of thioether (sulfide) groups is 1. The summed E-state index contributed by atoms with van der Waals surface area (Å²) in [6.07, 6.45) is 6.14. The number of thiocarbonyl (C=S) groups is 1. The quantitative estimate of drug-likeness (QED) is 0.766. The Labute approximate surface area is 142 Å². The van der Waals surface area contributed by atoms with Crippen LogP contribution in [0.25, 0.3) is 0 Å². The highest BCUT2D eigenvalue weighted by Crippen LogP contribution is 2.36. The number of aromatic nitrogens is 1. The van der Waals surface area contributed by atoms with Crippen molar-refractivity contribution in [3.8, 4) is 0 Å². The SMILES string of the molecule is CSC1(C(N)=S)CCN(S(=O)(=O)c2cncc(Br)c2)CC1. The van der Waals surface area contributed by atoms with Crippen molar-refractivity contribution in [2.24, 2.45) is 5.73 Å². The third-order valence-corrected chi connectivity index (χ3v) is 7.91. The van der Waals surface area contributed by atoms with Crippen LogP contribution in [0.3, 0.4) is 0 Å². The second kappa shape index (κ2) is 6.49. The lowest BCUT2D eigenvalue weighted by atomic mass is 9.97. The summed E-state index contributed by atoms with van der Waals surface area (Å²) >= 11 is 9.99. The average Bonchev–Trinajstić information content (AvgIpc) is 2.47. The molecule has 2 heterocycles. The summed E-state index contributed by atoms with van der Waals surface area (Å²) in [5, 5.41) is 0. The summed E-state index contributed by atoms with van der Waals surface area (Å²) in [5.74, 6) is 0.